The third-order valence-corrected chi connectivity index (χ3v) is 14.2. The maximum atomic E-state index is 13.5. The second-order valence-corrected chi connectivity index (χ2v) is 21.1. The first kappa shape index (κ1) is 63.0. The minimum Gasteiger partial charge on any atom is -0.364 e. The van der Waals surface area contributed by atoms with Gasteiger partial charge in [-0.1, -0.05) is 0 Å². The summed E-state index contributed by atoms with van der Waals surface area (Å²) in [6.45, 7) is 0.371. The van der Waals surface area contributed by atoms with Crippen LogP contribution < -0.4 is 70.0 Å². The molecule has 32 nitrogen and oxygen atoms in total. The number of imidazole rings is 1. The molecule has 0 saturated carbocycles. The molecule has 15 N–H and O–H groups in total. The van der Waals surface area contributed by atoms with Gasteiger partial charge in [-0.15, -0.1) is 0 Å². The van der Waals surface area contributed by atoms with Gasteiger partial charge in [-0.25, -0.2) is 4.98 Å². The average Bonchev–Trinajstić information content (AvgIpc) is 3.15. The van der Waals surface area contributed by atoms with E-state index in [-0.39, 0.29) is 115 Å². The number of carbonyl (C=O) groups is 11. The topological polar surface area (TPSA) is 420 Å². The molecule has 3 atom stereocenters. The van der Waals surface area contributed by atoms with E-state index in [1.807, 2.05) is 0 Å². The number of anilines is 6. The zero-order valence-corrected chi connectivity index (χ0v) is 49.2. The van der Waals surface area contributed by atoms with E-state index in [1.54, 1.807) is 77.1 Å². The second-order valence-electron chi connectivity index (χ2n) is 21.1. The van der Waals surface area contributed by atoms with Crippen molar-refractivity contribution >= 4 is 99.1 Å². The number of amides is 11. The van der Waals surface area contributed by atoms with Crippen molar-refractivity contribution in [3.63, 3.8) is 0 Å². The molecule has 8 rings (SSSR count). The third kappa shape index (κ3) is 15.6. The standard InChI is InChI=1S/C56H69N21O11/c1-71-15-14-59-48(71)56(88)70-36-20-42(75(5)29-36)53(85)61-12-9-45(78)64-30-16-38(63-23-30)50(82)67-33-18-40(73(3)26-33)51(83)60-11-8-37(57)49(81)66-32-21-43(76(6)25-32)54(86)69-35-22-44(77(7)28-35)55(87)68-34-19-41(74(4)27-34)52(84)62-13-10-46(79)65-31-17-39(47(58)80)72(2)24-31/h14-15,17-22,24-30,37-38,63H,8-13,16,23,57H2,1-7H3,(H2,58,80)(H,60,83)(H,61,85)(H,62,84)(H,64,78)(H,65,79)(H,66,81)(H,67,82)(H,68,87)(H,69,86)(H,70,88)/t30-,37-,38+/m1/s1. The van der Waals surface area contributed by atoms with Gasteiger partial charge < -0.3 is 102 Å². The van der Waals surface area contributed by atoms with Crippen molar-refractivity contribution in [2.45, 2.75) is 43.8 Å². The fourth-order valence-corrected chi connectivity index (χ4v) is 9.69. The SMILES string of the molecule is Cn1cc(NC(=O)CCNC(=O)c2cc(NC(=O)c3cc(NC(=O)c4cc(NC(=O)[C@H](N)CCNC(=O)c5cc(NC(=O)[C@@H]6C[C@@H](NC(=O)CCNC(=O)c7cc(NC(=O)c8nccn8C)cn7C)CN6)cn5C)cn4C)cn3C)cn2C)cc1C(N)=O. The van der Waals surface area contributed by atoms with Gasteiger partial charge in [0, 0.05) is 144 Å². The monoisotopic (exact) mass is 1210 g/mol. The van der Waals surface area contributed by atoms with Gasteiger partial charge in [0.1, 0.15) is 34.2 Å². The quantitative estimate of drug-likeness (QED) is 0.0351. The molecule has 0 unspecified atom stereocenters. The number of nitrogens with two attached hydrogens (primary N) is 2. The summed E-state index contributed by atoms with van der Waals surface area (Å²) < 4.78 is 10.6. The number of carbonyl (C=O) groups excluding carboxylic acids is 11. The molecule has 0 spiro atoms. The molecule has 0 bridgehead atoms. The van der Waals surface area contributed by atoms with Gasteiger partial charge in [0.2, 0.25) is 23.6 Å². The summed E-state index contributed by atoms with van der Waals surface area (Å²) in [5.41, 5.74) is 14.7. The second kappa shape index (κ2) is 27.3. The first-order valence-corrected chi connectivity index (χ1v) is 27.5. The van der Waals surface area contributed by atoms with Gasteiger partial charge in [0.25, 0.3) is 41.4 Å². The number of aryl methyl sites for hydroxylation is 7. The van der Waals surface area contributed by atoms with Crippen molar-refractivity contribution in [1.29, 1.82) is 0 Å². The van der Waals surface area contributed by atoms with E-state index in [0.717, 1.165) is 0 Å². The molecule has 0 aromatic carbocycles. The van der Waals surface area contributed by atoms with E-state index < -0.39 is 65.2 Å². The minimum atomic E-state index is -1.06. The molecule has 32 heteroatoms. The molecule has 1 aliphatic heterocycles. The van der Waals surface area contributed by atoms with Crippen molar-refractivity contribution in [2.24, 2.45) is 60.8 Å². The zero-order chi connectivity index (χ0) is 63.7. The smallest absolute Gasteiger partial charge is 0.291 e. The van der Waals surface area contributed by atoms with Gasteiger partial charge in [0.15, 0.2) is 5.82 Å². The molecule has 1 saturated heterocycles. The lowest BCUT2D eigenvalue weighted by Gasteiger charge is -2.13. The van der Waals surface area contributed by atoms with Crippen LogP contribution in [0.5, 0.6) is 0 Å². The Kier molecular flexibility index (Phi) is 19.6. The van der Waals surface area contributed by atoms with Crippen LogP contribution in [0.1, 0.15) is 99.2 Å². The highest BCUT2D eigenvalue weighted by Crippen LogP contribution is 2.22. The summed E-state index contributed by atoms with van der Waals surface area (Å²) in [5, 5.41) is 30.4. The summed E-state index contributed by atoms with van der Waals surface area (Å²) in [4.78, 5) is 146. The van der Waals surface area contributed by atoms with Crippen LogP contribution in [0.15, 0.2) is 86.0 Å². The Balaban J connectivity index is 0.715. The number of hydrogen-bond donors (Lipinski definition) is 13. The van der Waals surface area contributed by atoms with Crippen LogP contribution in [-0.2, 0) is 68.5 Å². The average molecular weight is 1210 g/mol. The zero-order valence-electron chi connectivity index (χ0n) is 49.2. The lowest BCUT2D eigenvalue weighted by atomic mass is 10.1. The third-order valence-electron chi connectivity index (χ3n) is 14.2. The van der Waals surface area contributed by atoms with Crippen LogP contribution in [0, 0.1) is 0 Å². The molecule has 0 aliphatic carbocycles. The van der Waals surface area contributed by atoms with E-state index in [9.17, 15) is 52.7 Å². The maximum Gasteiger partial charge on any atom is 0.291 e. The fraction of sp³-hybridized carbons (Fsp3) is 0.321. The molecule has 1 fully saturated rings. The van der Waals surface area contributed by atoms with Crippen LogP contribution in [0.25, 0.3) is 0 Å². The minimum absolute atomic E-state index is 0.00258. The van der Waals surface area contributed by atoms with Gasteiger partial charge in [-0.05, 0) is 49.2 Å². The van der Waals surface area contributed by atoms with Crippen molar-refractivity contribution in [3.8, 4) is 0 Å². The summed E-state index contributed by atoms with van der Waals surface area (Å²) in [7, 11) is 11.4. The Morgan fingerprint density at radius 2 is 0.898 bits per heavy atom. The Morgan fingerprint density at radius 3 is 1.35 bits per heavy atom. The van der Waals surface area contributed by atoms with Crippen LogP contribution in [0.2, 0.25) is 0 Å². The van der Waals surface area contributed by atoms with Crippen LogP contribution in [0.3, 0.4) is 0 Å². The van der Waals surface area contributed by atoms with Crippen molar-refractivity contribution in [2.75, 3.05) is 58.1 Å². The fourth-order valence-electron chi connectivity index (χ4n) is 9.69. The Bertz CT molecular complexity index is 3870. The Hall–Kier alpha value is -11.0. The Morgan fingerprint density at radius 1 is 0.500 bits per heavy atom. The van der Waals surface area contributed by atoms with Crippen LogP contribution >= 0.6 is 0 Å². The largest absolute Gasteiger partial charge is 0.364 e. The number of primary amides is 1. The van der Waals surface area contributed by atoms with E-state index in [1.165, 1.54) is 90.2 Å². The number of aromatic nitrogens is 8. The van der Waals surface area contributed by atoms with Crippen molar-refractivity contribution < 1.29 is 52.7 Å². The predicted molar refractivity (Wildman–Crippen MR) is 321 cm³/mol. The Labute approximate surface area is 502 Å². The molecule has 88 heavy (non-hydrogen) atoms. The summed E-state index contributed by atoms with van der Waals surface area (Å²) in [6.07, 6.45) is 12.7. The molecule has 0 radical (unpaired) electrons. The van der Waals surface area contributed by atoms with E-state index >= 15 is 0 Å². The van der Waals surface area contributed by atoms with Crippen LogP contribution in [-0.4, -0.2) is 146 Å². The lowest BCUT2D eigenvalue weighted by Crippen LogP contribution is -2.39. The van der Waals surface area contributed by atoms with E-state index in [2.05, 4.69) is 63.5 Å². The van der Waals surface area contributed by atoms with Gasteiger partial charge in [-0.3, -0.25) is 52.7 Å². The number of nitrogens with zero attached hydrogens (tertiary/aromatic N) is 8. The molecule has 7 aromatic heterocycles. The first-order chi connectivity index (χ1) is 41.8. The summed E-state index contributed by atoms with van der Waals surface area (Å²) in [6, 6.07) is 6.75. The van der Waals surface area contributed by atoms with Crippen molar-refractivity contribution in [3.05, 3.63) is 126 Å². The highest BCUT2D eigenvalue weighted by atomic mass is 16.2. The molecule has 464 valence electrons. The number of rotatable bonds is 25. The molecule has 11 amide bonds. The molecular weight excluding hydrogens is 1140 g/mol. The highest BCUT2D eigenvalue weighted by molar-refractivity contribution is 6.08. The summed E-state index contributed by atoms with van der Waals surface area (Å²) >= 11 is 0. The summed E-state index contributed by atoms with van der Waals surface area (Å²) in [5.74, 6) is -5.09. The molecule has 8 heterocycles. The molecule has 7 aromatic rings. The van der Waals surface area contributed by atoms with Gasteiger partial charge in [0.05, 0.1) is 46.2 Å². The number of nitrogens with one attached hydrogen (secondary N) is 11. The predicted octanol–water partition coefficient (Wildman–Crippen LogP) is -0.243. The highest BCUT2D eigenvalue weighted by Gasteiger charge is 2.31. The van der Waals surface area contributed by atoms with Gasteiger partial charge in [-0.2, -0.15) is 0 Å². The van der Waals surface area contributed by atoms with Crippen molar-refractivity contribution in [1.82, 2.24) is 63.5 Å². The van der Waals surface area contributed by atoms with E-state index in [0.29, 0.717) is 29.3 Å². The molecule has 1 aliphatic rings. The van der Waals surface area contributed by atoms with Crippen LogP contribution in [0.4, 0.5) is 34.1 Å². The lowest BCUT2D eigenvalue weighted by molar-refractivity contribution is -0.122. The maximum absolute atomic E-state index is 13.5. The first-order valence-electron chi connectivity index (χ1n) is 27.5. The molecular formula is C56H69N21O11. The van der Waals surface area contributed by atoms with E-state index in [4.69, 9.17) is 11.5 Å². The van der Waals surface area contributed by atoms with Gasteiger partial charge >= 0.3 is 0 Å². The number of hydrogen-bond acceptors (Lipinski definition) is 14. The normalized spacial score (nSPS) is 13.9.